The van der Waals surface area contributed by atoms with Crippen molar-refractivity contribution in [3.8, 4) is 0 Å². The number of amides is 1. The van der Waals surface area contributed by atoms with Crippen LogP contribution in [0.3, 0.4) is 0 Å². The molecule has 3 aromatic rings. The number of aromatic nitrogens is 2. The van der Waals surface area contributed by atoms with Crippen molar-refractivity contribution in [1.82, 2.24) is 15.3 Å². The molecule has 1 saturated carbocycles. The summed E-state index contributed by atoms with van der Waals surface area (Å²) in [7, 11) is 0. The van der Waals surface area contributed by atoms with Gasteiger partial charge in [0.2, 0.25) is 0 Å². The van der Waals surface area contributed by atoms with E-state index < -0.39 is 11.8 Å². The second kappa shape index (κ2) is 8.71. The molecule has 1 unspecified atom stereocenters. The molecule has 1 aromatic carbocycles. The lowest BCUT2D eigenvalue weighted by atomic mass is 10.1. The number of fused-ring (bicyclic) bond motifs is 1. The molecule has 7 nitrogen and oxygen atoms in total. The number of halogens is 4. The number of carboxylic acid groups (broad SMARTS) is 1. The molecule has 1 aliphatic heterocycles. The summed E-state index contributed by atoms with van der Waals surface area (Å²) in [6.45, 7) is 2.99. The lowest BCUT2D eigenvalue weighted by molar-refractivity contribution is 0.0700. The van der Waals surface area contributed by atoms with Gasteiger partial charge in [-0.05, 0) is 19.1 Å². The molecule has 3 atom stereocenters. The predicted molar refractivity (Wildman–Crippen MR) is 129 cm³/mol. The highest BCUT2D eigenvalue weighted by Gasteiger charge is 2.57. The molecule has 12 heteroatoms. The van der Waals surface area contributed by atoms with Crippen LogP contribution in [0.5, 0.6) is 0 Å². The van der Waals surface area contributed by atoms with Gasteiger partial charge in [0.1, 0.15) is 16.4 Å². The molecule has 2 fully saturated rings. The smallest absolute Gasteiger partial charge is 0.347 e. The van der Waals surface area contributed by atoms with Crippen molar-refractivity contribution in [3.63, 3.8) is 0 Å². The molecule has 1 saturated heterocycles. The van der Waals surface area contributed by atoms with E-state index >= 15 is 0 Å². The van der Waals surface area contributed by atoms with E-state index in [-0.39, 0.29) is 62.1 Å². The van der Waals surface area contributed by atoms with Crippen LogP contribution in [0.1, 0.15) is 37.1 Å². The van der Waals surface area contributed by atoms with Crippen molar-refractivity contribution in [2.75, 3.05) is 18.0 Å². The van der Waals surface area contributed by atoms with Crippen LogP contribution in [0.15, 0.2) is 18.2 Å². The first-order chi connectivity index (χ1) is 16.2. The van der Waals surface area contributed by atoms with Gasteiger partial charge in [-0.1, -0.05) is 52.2 Å². The molecule has 34 heavy (non-hydrogen) atoms. The third-order valence-electron chi connectivity index (χ3n) is 6.33. The maximum absolute atomic E-state index is 14.2. The number of carbonyl (C=O) groups excluding carboxylic acids is 1. The number of thiazole rings is 1. The van der Waals surface area contributed by atoms with Crippen molar-refractivity contribution in [2.45, 2.75) is 19.4 Å². The lowest BCUT2D eigenvalue weighted by Gasteiger charge is -2.19. The number of benzene rings is 1. The lowest BCUT2D eigenvalue weighted by Crippen LogP contribution is -2.34. The number of aryl methyl sites for hydroxylation is 1. The van der Waals surface area contributed by atoms with Crippen molar-refractivity contribution < 1.29 is 19.1 Å². The molecule has 2 aromatic heterocycles. The van der Waals surface area contributed by atoms with Gasteiger partial charge in [-0.15, -0.1) is 0 Å². The van der Waals surface area contributed by atoms with Gasteiger partial charge in [0.25, 0.3) is 5.91 Å². The normalized spacial score (nSPS) is 21.0. The van der Waals surface area contributed by atoms with Gasteiger partial charge in [-0.25, -0.2) is 14.2 Å². The Labute approximate surface area is 212 Å². The third-order valence-corrected chi connectivity index (χ3v) is 8.78. The largest absolute Gasteiger partial charge is 0.477 e. The number of rotatable bonds is 6. The highest BCUT2D eigenvalue weighted by molar-refractivity contribution is 7.17. The Morgan fingerprint density at radius 3 is 2.56 bits per heavy atom. The zero-order chi connectivity index (χ0) is 24.3. The molecule has 5 rings (SSSR count). The average Bonchev–Trinajstić information content (AvgIpc) is 3.16. The van der Waals surface area contributed by atoms with Crippen LogP contribution in [0.4, 0.5) is 9.52 Å². The molecule has 1 aliphatic carbocycles. The molecular formula is C22H18Cl3FN4O3S. The first kappa shape index (κ1) is 23.4. The minimum absolute atomic E-state index is 0.00204. The van der Waals surface area contributed by atoms with Crippen LogP contribution >= 0.6 is 46.1 Å². The second-order valence-corrected chi connectivity index (χ2v) is 10.6. The first-order valence-electron chi connectivity index (χ1n) is 10.4. The number of carboxylic acids is 1. The topological polar surface area (TPSA) is 98.3 Å². The quantitative estimate of drug-likeness (QED) is 0.405. The standard InChI is InChI=1S/C22H18Cl3FN4O3S/c1-8-15(24)16(25)18(27-8)20(31)29-17-10-6-30(7-11(10)17)22-28-14(19(34-22)21(32)33)5-9-12(23)3-2-4-13(9)26/h2-4,10-11,17,27H,5-7H2,1H3,(H,29,31)(H,32,33)/t10-,11+,17?. The van der Waals surface area contributed by atoms with Gasteiger partial charge in [0.05, 0.1) is 15.7 Å². The number of hydrogen-bond acceptors (Lipinski definition) is 5. The number of H-pyrrole nitrogens is 1. The molecule has 0 radical (unpaired) electrons. The molecule has 178 valence electrons. The Morgan fingerprint density at radius 2 is 1.97 bits per heavy atom. The average molecular weight is 544 g/mol. The summed E-state index contributed by atoms with van der Waals surface area (Å²) < 4.78 is 14.2. The maximum atomic E-state index is 14.2. The summed E-state index contributed by atoms with van der Waals surface area (Å²) in [6, 6.07) is 4.34. The minimum atomic E-state index is -1.11. The Morgan fingerprint density at radius 1 is 1.26 bits per heavy atom. The van der Waals surface area contributed by atoms with E-state index in [0.29, 0.717) is 28.9 Å². The predicted octanol–water partition coefficient (Wildman–Crippen LogP) is 5.03. The van der Waals surface area contributed by atoms with E-state index in [0.717, 1.165) is 11.3 Å². The van der Waals surface area contributed by atoms with Crippen molar-refractivity contribution in [3.05, 3.63) is 66.6 Å². The Balaban J connectivity index is 1.27. The number of anilines is 1. The number of piperidine rings is 1. The van der Waals surface area contributed by atoms with Crippen LogP contribution in [0.2, 0.25) is 15.1 Å². The number of carbonyl (C=O) groups is 2. The molecule has 1 amide bonds. The van der Waals surface area contributed by atoms with E-state index in [4.69, 9.17) is 34.8 Å². The van der Waals surface area contributed by atoms with E-state index in [2.05, 4.69) is 15.3 Å². The third kappa shape index (κ3) is 4.04. The fourth-order valence-corrected chi connectivity index (χ4v) is 6.06. The van der Waals surface area contributed by atoms with Crippen LogP contribution in [0.25, 0.3) is 0 Å². The van der Waals surface area contributed by atoms with Gasteiger partial charge in [0, 0.05) is 53.7 Å². The maximum Gasteiger partial charge on any atom is 0.347 e. The molecule has 3 heterocycles. The Kier molecular flexibility index (Phi) is 6.00. The van der Waals surface area contributed by atoms with Crippen molar-refractivity contribution >= 4 is 63.1 Å². The first-order valence-corrected chi connectivity index (χ1v) is 12.4. The summed E-state index contributed by atoms with van der Waals surface area (Å²) in [5, 5.41) is 14.0. The number of nitrogens with one attached hydrogen (secondary N) is 2. The number of aromatic amines is 1. The summed E-state index contributed by atoms with van der Waals surface area (Å²) in [5.41, 5.74) is 1.37. The Hall–Kier alpha value is -2.33. The van der Waals surface area contributed by atoms with Crippen LogP contribution in [-0.2, 0) is 6.42 Å². The second-order valence-electron chi connectivity index (χ2n) is 8.44. The van der Waals surface area contributed by atoms with Gasteiger partial charge >= 0.3 is 5.97 Å². The van der Waals surface area contributed by atoms with Crippen LogP contribution in [0, 0.1) is 24.6 Å². The number of hydrogen-bond donors (Lipinski definition) is 3. The molecule has 0 spiro atoms. The number of aromatic carboxylic acids is 1. The van der Waals surface area contributed by atoms with E-state index in [1.807, 2.05) is 4.90 Å². The van der Waals surface area contributed by atoms with Crippen LogP contribution < -0.4 is 10.2 Å². The highest BCUT2D eigenvalue weighted by Crippen LogP contribution is 2.48. The van der Waals surface area contributed by atoms with Gasteiger partial charge < -0.3 is 20.3 Å². The fourth-order valence-electron chi connectivity index (χ4n) is 4.48. The van der Waals surface area contributed by atoms with Gasteiger partial charge in [0.15, 0.2) is 5.13 Å². The summed E-state index contributed by atoms with van der Waals surface area (Å²) >= 11 is 19.4. The highest BCUT2D eigenvalue weighted by atomic mass is 35.5. The van der Waals surface area contributed by atoms with E-state index in [1.165, 1.54) is 12.1 Å². The summed E-state index contributed by atoms with van der Waals surface area (Å²) in [4.78, 5) is 33.9. The molecule has 0 bridgehead atoms. The zero-order valence-corrected chi connectivity index (χ0v) is 20.7. The monoisotopic (exact) mass is 542 g/mol. The molecule has 2 aliphatic rings. The number of nitrogens with zero attached hydrogens (tertiary/aromatic N) is 2. The molecule has 3 N–H and O–H groups in total. The van der Waals surface area contributed by atoms with E-state index in [9.17, 15) is 19.1 Å². The SMILES string of the molecule is Cc1[nH]c(C(=O)NC2[C@H]3CN(c4nc(Cc5c(F)cccc5Cl)c(C(=O)O)s4)C[C@@H]23)c(Cl)c1Cl. The summed E-state index contributed by atoms with van der Waals surface area (Å²) in [6.07, 6.45) is -0.0120. The van der Waals surface area contributed by atoms with Gasteiger partial charge in [-0.3, -0.25) is 4.79 Å². The zero-order valence-electron chi connectivity index (χ0n) is 17.7. The molecular weight excluding hydrogens is 526 g/mol. The minimum Gasteiger partial charge on any atom is -0.477 e. The van der Waals surface area contributed by atoms with Crippen LogP contribution in [-0.4, -0.2) is 46.1 Å². The van der Waals surface area contributed by atoms with Crippen molar-refractivity contribution in [2.24, 2.45) is 11.8 Å². The van der Waals surface area contributed by atoms with Gasteiger partial charge in [-0.2, -0.15) is 0 Å². The Bertz CT molecular complexity index is 1290. The van der Waals surface area contributed by atoms with Crippen molar-refractivity contribution in [1.29, 1.82) is 0 Å². The fraction of sp³-hybridized carbons (Fsp3) is 0.318. The van der Waals surface area contributed by atoms with E-state index in [1.54, 1.807) is 13.0 Å². The summed E-state index contributed by atoms with van der Waals surface area (Å²) in [5.74, 6) is -1.49.